The number of terminal acetylenes is 1. The Morgan fingerprint density at radius 2 is 1.88 bits per heavy atom. The first-order chi connectivity index (χ1) is 7.89. The maximum atomic E-state index is 11.4. The van der Waals surface area contributed by atoms with Crippen LogP contribution in [0.5, 0.6) is 0 Å². The zero-order chi connectivity index (χ0) is 13.4. The zero-order valence-electron chi connectivity index (χ0n) is 9.62. The molecule has 0 fully saturated rings. The Morgan fingerprint density at radius 3 is 2.35 bits per heavy atom. The summed E-state index contributed by atoms with van der Waals surface area (Å²) >= 11 is 0. The molecule has 0 aliphatic carbocycles. The van der Waals surface area contributed by atoms with Crippen LogP contribution >= 0.6 is 7.82 Å². The van der Waals surface area contributed by atoms with E-state index in [1.165, 1.54) is 0 Å². The molecule has 7 nitrogen and oxygen atoms in total. The highest BCUT2D eigenvalue weighted by Crippen LogP contribution is 2.47. The first kappa shape index (κ1) is 16.6. The van der Waals surface area contributed by atoms with Crippen LogP contribution in [-0.4, -0.2) is 41.6 Å². The summed E-state index contributed by atoms with van der Waals surface area (Å²) in [7, 11) is -4.89. The number of rotatable bonds is 9. The standard InChI is InChI=1S/C8H15O7PS/c1-4-6-15-17(10,11)8-5-7-14-16(9,12-2)13-3/h1H,5-8H2,2-3H3. The van der Waals surface area contributed by atoms with Crippen LogP contribution in [0.15, 0.2) is 0 Å². The first-order valence-electron chi connectivity index (χ1n) is 4.56. The number of phosphoric acid groups is 1. The van der Waals surface area contributed by atoms with Crippen molar-refractivity contribution in [3.05, 3.63) is 0 Å². The normalized spacial score (nSPS) is 12.3. The van der Waals surface area contributed by atoms with Gasteiger partial charge in [0.1, 0.15) is 6.61 Å². The van der Waals surface area contributed by atoms with E-state index in [0.29, 0.717) is 0 Å². The predicted octanol–water partition coefficient (Wildman–Crippen LogP) is 0.774. The van der Waals surface area contributed by atoms with E-state index < -0.39 is 17.9 Å². The Kier molecular flexibility index (Phi) is 7.63. The molecule has 0 amide bonds. The van der Waals surface area contributed by atoms with Gasteiger partial charge in [0.05, 0.1) is 12.4 Å². The third-order valence-electron chi connectivity index (χ3n) is 1.56. The van der Waals surface area contributed by atoms with Gasteiger partial charge in [0.2, 0.25) is 0 Å². The maximum Gasteiger partial charge on any atom is 0.474 e. The molecular weight excluding hydrogens is 271 g/mol. The van der Waals surface area contributed by atoms with Crippen molar-refractivity contribution in [2.24, 2.45) is 0 Å². The second-order valence-electron chi connectivity index (χ2n) is 2.73. The highest BCUT2D eigenvalue weighted by Gasteiger charge is 2.22. The van der Waals surface area contributed by atoms with E-state index >= 15 is 0 Å². The van der Waals surface area contributed by atoms with Gasteiger partial charge in [-0.2, -0.15) is 8.42 Å². The summed E-state index contributed by atoms with van der Waals surface area (Å²) in [6, 6.07) is 0. The van der Waals surface area contributed by atoms with E-state index in [-0.39, 0.29) is 25.4 Å². The summed E-state index contributed by atoms with van der Waals surface area (Å²) < 4.78 is 51.8. The van der Waals surface area contributed by atoms with E-state index in [0.717, 1.165) is 14.2 Å². The fraction of sp³-hybridized carbons (Fsp3) is 0.750. The monoisotopic (exact) mass is 286 g/mol. The van der Waals surface area contributed by atoms with E-state index in [2.05, 4.69) is 13.2 Å². The van der Waals surface area contributed by atoms with Crippen molar-refractivity contribution in [1.29, 1.82) is 0 Å². The topological polar surface area (TPSA) is 88.1 Å². The van der Waals surface area contributed by atoms with E-state index in [1.807, 2.05) is 5.92 Å². The summed E-state index contributed by atoms with van der Waals surface area (Å²) in [6.07, 6.45) is 4.94. The maximum absolute atomic E-state index is 11.4. The van der Waals surface area contributed by atoms with E-state index in [1.54, 1.807) is 0 Å². The molecule has 9 heteroatoms. The van der Waals surface area contributed by atoms with Gasteiger partial charge in [0, 0.05) is 14.2 Å². The Morgan fingerprint density at radius 1 is 1.29 bits per heavy atom. The van der Waals surface area contributed by atoms with Gasteiger partial charge in [-0.3, -0.25) is 17.8 Å². The molecule has 0 aliphatic heterocycles. The van der Waals surface area contributed by atoms with Crippen molar-refractivity contribution in [2.45, 2.75) is 6.42 Å². The van der Waals surface area contributed by atoms with Crippen molar-refractivity contribution in [3.8, 4) is 12.3 Å². The predicted molar refractivity (Wildman–Crippen MR) is 60.8 cm³/mol. The molecule has 100 valence electrons. The first-order valence-corrected chi connectivity index (χ1v) is 7.59. The molecule has 0 saturated carbocycles. The van der Waals surface area contributed by atoms with Crippen molar-refractivity contribution in [1.82, 2.24) is 0 Å². The minimum Gasteiger partial charge on any atom is -0.290 e. The number of phosphoric ester groups is 1. The van der Waals surface area contributed by atoms with Gasteiger partial charge in [0.25, 0.3) is 10.1 Å². The molecule has 0 aliphatic rings. The Bertz CT molecular complexity index is 389. The lowest BCUT2D eigenvalue weighted by atomic mass is 10.5. The lowest BCUT2D eigenvalue weighted by molar-refractivity contribution is 0.152. The van der Waals surface area contributed by atoms with Crippen LogP contribution in [0.25, 0.3) is 0 Å². The fourth-order valence-corrected chi connectivity index (χ4v) is 2.32. The molecule has 0 heterocycles. The van der Waals surface area contributed by atoms with E-state index in [9.17, 15) is 13.0 Å². The van der Waals surface area contributed by atoms with Gasteiger partial charge >= 0.3 is 7.82 Å². The average Bonchev–Trinajstić information content (AvgIpc) is 2.32. The lowest BCUT2D eigenvalue weighted by Gasteiger charge is -2.12. The van der Waals surface area contributed by atoms with Crippen molar-refractivity contribution < 1.29 is 30.7 Å². The van der Waals surface area contributed by atoms with Crippen molar-refractivity contribution >= 4 is 17.9 Å². The van der Waals surface area contributed by atoms with Crippen molar-refractivity contribution in [3.63, 3.8) is 0 Å². The summed E-state index contributed by atoms with van der Waals surface area (Å²) in [5, 5.41) is 0. The quantitative estimate of drug-likeness (QED) is 0.268. The molecule has 0 saturated heterocycles. The van der Waals surface area contributed by atoms with Crippen LogP contribution in [-0.2, 0) is 32.4 Å². The summed E-state index contributed by atoms with van der Waals surface area (Å²) in [6.45, 7) is -0.407. The summed E-state index contributed by atoms with van der Waals surface area (Å²) in [5.74, 6) is 1.75. The van der Waals surface area contributed by atoms with Crippen LogP contribution in [0.1, 0.15) is 6.42 Å². The Hall–Kier alpha value is -0.420. The van der Waals surface area contributed by atoms with Gasteiger partial charge in [-0.1, -0.05) is 5.92 Å². The molecule has 0 spiro atoms. The smallest absolute Gasteiger partial charge is 0.290 e. The molecule has 0 aromatic carbocycles. The highest BCUT2D eigenvalue weighted by molar-refractivity contribution is 7.86. The fourth-order valence-electron chi connectivity index (χ4n) is 0.775. The second kappa shape index (κ2) is 7.82. The zero-order valence-corrected chi connectivity index (χ0v) is 11.3. The SMILES string of the molecule is C#CCOS(=O)(=O)CCCOP(=O)(OC)OC. The van der Waals surface area contributed by atoms with Gasteiger partial charge < -0.3 is 0 Å². The van der Waals surface area contributed by atoms with Crippen LogP contribution in [0.3, 0.4) is 0 Å². The summed E-state index contributed by atoms with van der Waals surface area (Å²) in [4.78, 5) is 0. The Balaban J connectivity index is 3.94. The third kappa shape index (κ3) is 7.49. The van der Waals surface area contributed by atoms with Crippen LogP contribution in [0, 0.1) is 12.3 Å². The molecule has 0 bridgehead atoms. The molecule has 0 atom stereocenters. The molecule has 0 unspecified atom stereocenters. The van der Waals surface area contributed by atoms with Crippen LogP contribution in [0.2, 0.25) is 0 Å². The largest absolute Gasteiger partial charge is 0.474 e. The summed E-state index contributed by atoms with van der Waals surface area (Å²) in [5.41, 5.74) is 0. The minimum atomic E-state index is -3.67. The van der Waals surface area contributed by atoms with Gasteiger partial charge in [0.15, 0.2) is 0 Å². The molecule has 0 radical (unpaired) electrons. The number of hydrogen-bond donors (Lipinski definition) is 0. The molecule has 0 aromatic heterocycles. The minimum absolute atomic E-state index is 0.0869. The molecule has 0 rings (SSSR count). The molecule has 17 heavy (non-hydrogen) atoms. The van der Waals surface area contributed by atoms with Crippen LogP contribution < -0.4 is 0 Å². The third-order valence-corrected chi connectivity index (χ3v) is 4.22. The highest BCUT2D eigenvalue weighted by atomic mass is 32.2. The second-order valence-corrected chi connectivity index (χ2v) is 6.37. The molecule has 0 aromatic rings. The van der Waals surface area contributed by atoms with Gasteiger partial charge in [-0.25, -0.2) is 4.57 Å². The Labute approximate surface area is 101 Å². The molecule has 0 N–H and O–H groups in total. The van der Waals surface area contributed by atoms with Gasteiger partial charge in [-0.05, 0) is 6.42 Å². The number of hydrogen-bond acceptors (Lipinski definition) is 7. The van der Waals surface area contributed by atoms with Gasteiger partial charge in [-0.15, -0.1) is 6.42 Å². The molecular formula is C8H15O7PS. The lowest BCUT2D eigenvalue weighted by Crippen LogP contribution is -2.12. The van der Waals surface area contributed by atoms with E-state index in [4.69, 9.17) is 10.9 Å². The van der Waals surface area contributed by atoms with Crippen molar-refractivity contribution in [2.75, 3.05) is 33.2 Å². The van der Waals surface area contributed by atoms with Crippen LogP contribution in [0.4, 0.5) is 0 Å². The average molecular weight is 286 g/mol.